The van der Waals surface area contributed by atoms with E-state index in [0.29, 0.717) is 6.42 Å². The van der Waals surface area contributed by atoms with Crippen LogP contribution in [0.1, 0.15) is 341 Å². The fraction of sp³-hybridized carbons (Fsp3) is 0.849. The summed E-state index contributed by atoms with van der Waals surface area (Å²) in [4.78, 5) is 13.1. The van der Waals surface area contributed by atoms with Crippen molar-refractivity contribution >= 4 is 5.91 Å². The molecular weight excluding hydrogens is 1020 g/mol. The zero-order chi connectivity index (χ0) is 59.3. The molecule has 0 aromatic carbocycles. The molecule has 1 aliphatic rings. The molecule has 0 aliphatic carbocycles. The fourth-order valence-corrected chi connectivity index (χ4v) is 11.2. The summed E-state index contributed by atoms with van der Waals surface area (Å²) in [5, 5.41) is 54.7. The van der Waals surface area contributed by atoms with Gasteiger partial charge in [-0.3, -0.25) is 4.79 Å². The van der Waals surface area contributed by atoms with E-state index in [1.54, 1.807) is 6.08 Å². The highest BCUT2D eigenvalue weighted by molar-refractivity contribution is 5.76. The zero-order valence-corrected chi connectivity index (χ0v) is 53.8. The summed E-state index contributed by atoms with van der Waals surface area (Å²) in [6.45, 7) is 3.80. The molecule has 82 heavy (non-hydrogen) atoms. The van der Waals surface area contributed by atoms with Crippen molar-refractivity contribution < 1.29 is 39.8 Å². The second-order valence-electron chi connectivity index (χ2n) is 24.7. The van der Waals surface area contributed by atoms with Crippen molar-refractivity contribution in [1.29, 1.82) is 0 Å². The van der Waals surface area contributed by atoms with Crippen LogP contribution in [-0.2, 0) is 14.3 Å². The third kappa shape index (κ3) is 50.1. The molecule has 0 saturated carbocycles. The Balaban J connectivity index is 2.12. The second kappa shape index (κ2) is 62.0. The van der Waals surface area contributed by atoms with E-state index in [-0.39, 0.29) is 12.5 Å². The molecule has 1 rings (SSSR count). The summed E-state index contributed by atoms with van der Waals surface area (Å²) in [6, 6.07) is -0.831. The summed E-state index contributed by atoms with van der Waals surface area (Å²) in [5.74, 6) is -0.187. The molecule has 0 aromatic heterocycles. The van der Waals surface area contributed by atoms with Gasteiger partial charge in [-0.2, -0.15) is 0 Å². The van der Waals surface area contributed by atoms with Crippen LogP contribution in [0.15, 0.2) is 60.8 Å². The Bertz CT molecular complexity index is 1480. The van der Waals surface area contributed by atoms with E-state index in [9.17, 15) is 30.3 Å². The standard InChI is InChI=1S/C73H135NO8/c1-3-5-7-9-11-13-15-17-19-21-23-25-27-28-29-30-31-32-33-34-35-36-37-38-39-40-41-43-45-47-49-51-53-55-57-59-61-63-69(77)74-66(65-81-73-72(80)71(79)70(78)68(64-75)82-73)67(76)62-60-58-56-54-52-50-48-46-44-42-26-24-22-20-18-16-14-12-10-8-6-4-2/h29-30,32-33,44,46,52,54,60,62,66-68,70-73,75-76,78-80H,3-28,31,34-43,45,47-51,53,55-59,61,63-65H2,1-2H3,(H,74,77)/b30-29-,33-32-,46-44+,54-52+,62-60+. The number of allylic oxidation sites excluding steroid dienone is 9. The average molecular weight is 1150 g/mol. The van der Waals surface area contributed by atoms with Crippen LogP contribution < -0.4 is 5.32 Å². The van der Waals surface area contributed by atoms with Gasteiger partial charge < -0.3 is 40.3 Å². The first-order chi connectivity index (χ1) is 40.3. The zero-order valence-electron chi connectivity index (χ0n) is 53.8. The predicted octanol–water partition coefficient (Wildman–Crippen LogP) is 19.4. The average Bonchev–Trinajstić information content (AvgIpc) is 3.52. The maximum absolute atomic E-state index is 13.1. The van der Waals surface area contributed by atoms with Gasteiger partial charge in [0.1, 0.15) is 24.4 Å². The molecular formula is C73H135NO8. The maximum atomic E-state index is 13.1. The molecule has 1 fully saturated rings. The van der Waals surface area contributed by atoms with Crippen molar-refractivity contribution in [3.8, 4) is 0 Å². The van der Waals surface area contributed by atoms with Gasteiger partial charge in [0.15, 0.2) is 6.29 Å². The van der Waals surface area contributed by atoms with Crippen molar-refractivity contribution in [2.75, 3.05) is 13.2 Å². The molecule has 0 aromatic rings. The topological polar surface area (TPSA) is 149 Å². The smallest absolute Gasteiger partial charge is 0.220 e. The van der Waals surface area contributed by atoms with Gasteiger partial charge >= 0.3 is 0 Å². The van der Waals surface area contributed by atoms with Gasteiger partial charge in [-0.1, -0.05) is 319 Å². The number of carbonyl (C=O) groups excluding carboxylic acids is 1. The quantitative estimate of drug-likeness (QED) is 0.0261. The molecule has 7 unspecified atom stereocenters. The van der Waals surface area contributed by atoms with Crippen molar-refractivity contribution in [1.82, 2.24) is 5.32 Å². The van der Waals surface area contributed by atoms with E-state index in [0.717, 1.165) is 51.4 Å². The summed E-state index contributed by atoms with van der Waals surface area (Å²) in [5.41, 5.74) is 0. The first kappa shape index (κ1) is 77.9. The van der Waals surface area contributed by atoms with Crippen LogP contribution in [0.25, 0.3) is 0 Å². The van der Waals surface area contributed by atoms with E-state index in [1.165, 1.54) is 270 Å². The van der Waals surface area contributed by atoms with Gasteiger partial charge in [-0.05, 0) is 77.0 Å². The lowest BCUT2D eigenvalue weighted by atomic mass is 9.99. The van der Waals surface area contributed by atoms with Crippen LogP contribution in [0.3, 0.4) is 0 Å². The molecule has 0 bridgehead atoms. The number of aliphatic hydroxyl groups is 5. The molecule has 480 valence electrons. The minimum Gasteiger partial charge on any atom is -0.394 e. The number of unbranched alkanes of at least 4 members (excludes halogenated alkanes) is 44. The molecule has 0 radical (unpaired) electrons. The van der Waals surface area contributed by atoms with E-state index < -0.39 is 49.5 Å². The Morgan fingerprint density at radius 2 is 0.732 bits per heavy atom. The number of hydrogen-bond donors (Lipinski definition) is 6. The summed E-state index contributed by atoms with van der Waals surface area (Å²) in [6.07, 6.45) is 79.1. The highest BCUT2D eigenvalue weighted by atomic mass is 16.7. The van der Waals surface area contributed by atoms with Crippen LogP contribution >= 0.6 is 0 Å². The van der Waals surface area contributed by atoms with Crippen molar-refractivity contribution in [2.45, 2.75) is 384 Å². The largest absolute Gasteiger partial charge is 0.394 e. The van der Waals surface area contributed by atoms with Crippen LogP contribution in [0.2, 0.25) is 0 Å². The third-order valence-electron chi connectivity index (χ3n) is 16.8. The molecule has 1 heterocycles. The number of amides is 1. The number of carbonyl (C=O) groups is 1. The Morgan fingerprint density at radius 1 is 0.415 bits per heavy atom. The number of nitrogens with one attached hydrogen (secondary N) is 1. The number of aliphatic hydroxyl groups excluding tert-OH is 5. The maximum Gasteiger partial charge on any atom is 0.220 e. The van der Waals surface area contributed by atoms with Crippen LogP contribution in [0, 0.1) is 0 Å². The van der Waals surface area contributed by atoms with Crippen molar-refractivity contribution in [3.05, 3.63) is 60.8 Å². The Morgan fingerprint density at radius 3 is 1.10 bits per heavy atom. The van der Waals surface area contributed by atoms with Gasteiger partial charge in [-0.25, -0.2) is 0 Å². The SMILES string of the molecule is CCCCCCCCCCCCCC/C=C/CC/C=C/CC/C=C/C(O)C(COC1OC(CO)C(O)C(O)C1O)NC(=O)CCCCCCCCCCCCCCCCCCC/C=C\C/C=C\CCCCCCCCCCCCCCC. The fourth-order valence-electron chi connectivity index (χ4n) is 11.2. The molecule has 9 heteroatoms. The lowest BCUT2D eigenvalue weighted by Gasteiger charge is -2.40. The van der Waals surface area contributed by atoms with Gasteiger partial charge in [0.2, 0.25) is 5.91 Å². The Labute approximate surface area is 506 Å². The lowest BCUT2D eigenvalue weighted by molar-refractivity contribution is -0.302. The highest BCUT2D eigenvalue weighted by Crippen LogP contribution is 2.23. The van der Waals surface area contributed by atoms with Gasteiger partial charge in [0.05, 0.1) is 25.4 Å². The third-order valence-corrected chi connectivity index (χ3v) is 16.8. The van der Waals surface area contributed by atoms with Gasteiger partial charge in [0, 0.05) is 6.42 Å². The molecule has 7 atom stereocenters. The van der Waals surface area contributed by atoms with Crippen LogP contribution in [-0.4, -0.2) is 87.5 Å². The molecule has 9 nitrogen and oxygen atoms in total. The first-order valence-corrected chi connectivity index (χ1v) is 35.5. The predicted molar refractivity (Wildman–Crippen MR) is 350 cm³/mol. The van der Waals surface area contributed by atoms with Crippen LogP contribution in [0.4, 0.5) is 0 Å². The minimum absolute atomic E-state index is 0.187. The summed E-state index contributed by atoms with van der Waals surface area (Å²) >= 11 is 0. The number of hydrogen-bond acceptors (Lipinski definition) is 8. The van der Waals surface area contributed by atoms with Gasteiger partial charge in [0.25, 0.3) is 0 Å². The Hall–Kier alpha value is -2.11. The lowest BCUT2D eigenvalue weighted by Crippen LogP contribution is -2.60. The van der Waals surface area contributed by atoms with Crippen molar-refractivity contribution in [3.63, 3.8) is 0 Å². The highest BCUT2D eigenvalue weighted by Gasteiger charge is 2.44. The molecule has 1 aliphatic heterocycles. The Kier molecular flexibility index (Phi) is 58.9. The van der Waals surface area contributed by atoms with E-state index in [4.69, 9.17) is 9.47 Å². The van der Waals surface area contributed by atoms with Crippen molar-refractivity contribution in [2.24, 2.45) is 0 Å². The minimum atomic E-state index is -1.58. The summed E-state index contributed by atoms with van der Waals surface area (Å²) in [7, 11) is 0. The molecule has 1 amide bonds. The molecule has 6 N–H and O–H groups in total. The second-order valence-corrected chi connectivity index (χ2v) is 24.7. The monoisotopic (exact) mass is 1150 g/mol. The molecule has 0 spiro atoms. The van der Waals surface area contributed by atoms with Crippen LogP contribution in [0.5, 0.6) is 0 Å². The molecule has 1 saturated heterocycles. The van der Waals surface area contributed by atoms with E-state index in [1.807, 2.05) is 6.08 Å². The van der Waals surface area contributed by atoms with Gasteiger partial charge in [-0.15, -0.1) is 0 Å². The number of rotatable bonds is 62. The normalized spacial score (nSPS) is 18.6. The number of ether oxygens (including phenoxy) is 2. The first-order valence-electron chi connectivity index (χ1n) is 35.5. The summed E-state index contributed by atoms with van der Waals surface area (Å²) < 4.78 is 11.3. The van der Waals surface area contributed by atoms with E-state index >= 15 is 0 Å². The van der Waals surface area contributed by atoms with E-state index in [2.05, 4.69) is 67.8 Å².